The van der Waals surface area contributed by atoms with Crippen LogP contribution in [0.25, 0.3) is 0 Å². The minimum atomic E-state index is -2.96. The van der Waals surface area contributed by atoms with E-state index in [9.17, 15) is 13.2 Å². The Kier molecular flexibility index (Phi) is 5.83. The normalized spacial score (nSPS) is 20.4. The highest BCUT2D eigenvalue weighted by Crippen LogP contribution is 2.36. The van der Waals surface area contributed by atoms with Crippen LogP contribution in [0, 0.1) is 11.3 Å². The summed E-state index contributed by atoms with van der Waals surface area (Å²) in [5.74, 6) is 0.313. The third kappa shape index (κ3) is 4.66. The zero-order valence-corrected chi connectivity index (χ0v) is 20.4. The lowest BCUT2D eigenvalue weighted by Gasteiger charge is -2.30. The number of nitrogens with one attached hydrogen (secondary N) is 2. The van der Waals surface area contributed by atoms with Crippen molar-refractivity contribution in [2.24, 2.45) is 11.3 Å². The molecule has 180 valence electrons. The Morgan fingerprint density at radius 2 is 1.94 bits per heavy atom. The average molecular weight is 482 g/mol. The van der Waals surface area contributed by atoms with Gasteiger partial charge in [-0.05, 0) is 49.0 Å². The predicted octanol–water partition coefficient (Wildman–Crippen LogP) is 3.79. The lowest BCUT2D eigenvalue weighted by atomic mass is 9.76. The maximum Gasteiger partial charge on any atom is 0.276 e. The number of anilines is 1. The number of amides is 1. The molecule has 3 heterocycles. The molecule has 1 atom stereocenters. The molecule has 5 rings (SSSR count). The second-order valence-electron chi connectivity index (χ2n) is 10.4. The molecule has 0 spiro atoms. The Labute approximate surface area is 200 Å². The molecular weight excluding hydrogens is 450 g/mol. The van der Waals surface area contributed by atoms with Crippen molar-refractivity contribution in [2.75, 3.05) is 16.8 Å². The summed E-state index contributed by atoms with van der Waals surface area (Å²) < 4.78 is 25.8. The zero-order chi connectivity index (χ0) is 23.9. The van der Waals surface area contributed by atoms with Crippen molar-refractivity contribution in [2.45, 2.75) is 52.0 Å². The van der Waals surface area contributed by atoms with Gasteiger partial charge >= 0.3 is 0 Å². The topological polar surface area (TPSA) is 110 Å². The smallest absolute Gasteiger partial charge is 0.276 e. The second kappa shape index (κ2) is 8.69. The molecule has 34 heavy (non-hydrogen) atoms. The van der Waals surface area contributed by atoms with Gasteiger partial charge in [-0.2, -0.15) is 10.2 Å². The van der Waals surface area contributed by atoms with Gasteiger partial charge in [0.05, 0.1) is 29.4 Å². The molecule has 0 radical (unpaired) electrons. The summed E-state index contributed by atoms with van der Waals surface area (Å²) in [4.78, 5) is 13.0. The average Bonchev–Trinajstić information content (AvgIpc) is 3.42. The lowest BCUT2D eigenvalue weighted by molar-refractivity contribution is 0.102. The number of hydrogen-bond acceptors (Lipinski definition) is 5. The summed E-state index contributed by atoms with van der Waals surface area (Å²) in [6, 6.07) is 9.93. The monoisotopic (exact) mass is 481 g/mol. The highest BCUT2D eigenvalue weighted by atomic mass is 32.2. The van der Waals surface area contributed by atoms with E-state index in [2.05, 4.69) is 34.5 Å². The number of hydrogen-bond donors (Lipinski definition) is 2. The van der Waals surface area contributed by atoms with E-state index in [0.29, 0.717) is 24.2 Å². The first-order valence-corrected chi connectivity index (χ1v) is 13.7. The van der Waals surface area contributed by atoms with E-state index in [4.69, 9.17) is 0 Å². The molecule has 0 bridgehead atoms. The van der Waals surface area contributed by atoms with Crippen LogP contribution in [-0.2, 0) is 22.7 Å². The van der Waals surface area contributed by atoms with Gasteiger partial charge in [0.2, 0.25) is 0 Å². The van der Waals surface area contributed by atoms with Crippen LogP contribution < -0.4 is 5.32 Å². The number of carbonyl (C=O) groups excluding carboxylic acids is 1. The number of aromatic amines is 1. The van der Waals surface area contributed by atoms with E-state index in [1.807, 2.05) is 41.2 Å². The number of sulfone groups is 1. The van der Waals surface area contributed by atoms with Crippen LogP contribution in [0.1, 0.15) is 66.5 Å². The summed E-state index contributed by atoms with van der Waals surface area (Å²) in [5, 5.41) is 14.9. The highest BCUT2D eigenvalue weighted by molar-refractivity contribution is 7.91. The van der Waals surface area contributed by atoms with Crippen molar-refractivity contribution < 1.29 is 13.2 Å². The van der Waals surface area contributed by atoms with Gasteiger partial charge < -0.3 is 5.32 Å². The van der Waals surface area contributed by atoms with Crippen molar-refractivity contribution in [3.63, 3.8) is 0 Å². The number of aromatic nitrogens is 4. The van der Waals surface area contributed by atoms with E-state index in [0.717, 1.165) is 36.1 Å². The number of fused-ring (bicyclic) bond motifs is 1. The largest absolute Gasteiger partial charge is 0.318 e. The Hall–Kier alpha value is -2.94. The van der Waals surface area contributed by atoms with Gasteiger partial charge in [-0.15, -0.1) is 0 Å². The fourth-order valence-corrected chi connectivity index (χ4v) is 6.82. The summed E-state index contributed by atoms with van der Waals surface area (Å²) in [6.07, 6.45) is 7.42. The van der Waals surface area contributed by atoms with Crippen molar-refractivity contribution in [3.05, 3.63) is 65.2 Å². The molecule has 1 amide bonds. The molecule has 1 aliphatic heterocycles. The van der Waals surface area contributed by atoms with Crippen LogP contribution in [-0.4, -0.2) is 45.8 Å². The minimum absolute atomic E-state index is 0.0947. The molecule has 2 aliphatic rings. The van der Waals surface area contributed by atoms with E-state index < -0.39 is 9.84 Å². The van der Waals surface area contributed by atoms with E-state index in [1.54, 1.807) is 6.20 Å². The molecule has 2 N–H and O–H groups in total. The summed E-state index contributed by atoms with van der Waals surface area (Å²) >= 11 is 0. The van der Waals surface area contributed by atoms with Crippen molar-refractivity contribution in [1.82, 2.24) is 20.0 Å². The highest BCUT2D eigenvalue weighted by Gasteiger charge is 2.33. The molecule has 8 nitrogen and oxygen atoms in total. The Morgan fingerprint density at radius 3 is 2.68 bits per heavy atom. The van der Waals surface area contributed by atoms with Crippen LogP contribution >= 0.6 is 0 Å². The molecule has 1 aromatic carbocycles. The first-order chi connectivity index (χ1) is 16.2. The predicted molar refractivity (Wildman–Crippen MR) is 131 cm³/mol. The van der Waals surface area contributed by atoms with Gasteiger partial charge in [0, 0.05) is 17.5 Å². The Balaban J connectivity index is 1.36. The zero-order valence-electron chi connectivity index (χ0n) is 19.6. The fraction of sp³-hybridized carbons (Fsp3) is 0.480. The number of benzene rings is 1. The second-order valence-corrected chi connectivity index (χ2v) is 12.7. The lowest BCUT2D eigenvalue weighted by Crippen LogP contribution is -2.30. The van der Waals surface area contributed by atoms with Crippen molar-refractivity contribution >= 4 is 21.4 Å². The molecule has 0 saturated carbocycles. The molecule has 1 aliphatic carbocycles. The van der Waals surface area contributed by atoms with Gasteiger partial charge in [-0.3, -0.25) is 14.6 Å². The molecule has 2 aromatic heterocycles. The van der Waals surface area contributed by atoms with Gasteiger partial charge in [0.15, 0.2) is 5.69 Å². The summed E-state index contributed by atoms with van der Waals surface area (Å²) in [5.41, 5.74) is 4.40. The van der Waals surface area contributed by atoms with Gasteiger partial charge in [-0.25, -0.2) is 8.42 Å². The van der Waals surface area contributed by atoms with E-state index in [1.165, 1.54) is 0 Å². The molecule has 0 unspecified atom stereocenters. The van der Waals surface area contributed by atoms with Crippen LogP contribution in [0.2, 0.25) is 0 Å². The van der Waals surface area contributed by atoms with Crippen LogP contribution in [0.4, 0.5) is 5.69 Å². The van der Waals surface area contributed by atoms with Crippen LogP contribution in [0.15, 0.2) is 42.7 Å². The van der Waals surface area contributed by atoms with Crippen LogP contribution in [0.5, 0.6) is 0 Å². The Bertz CT molecular complexity index is 1280. The fourth-order valence-electron chi connectivity index (χ4n) is 5.30. The molecule has 9 heteroatoms. The van der Waals surface area contributed by atoms with E-state index >= 15 is 0 Å². The van der Waals surface area contributed by atoms with E-state index in [-0.39, 0.29) is 34.8 Å². The van der Waals surface area contributed by atoms with Crippen LogP contribution in [0.3, 0.4) is 0 Å². The van der Waals surface area contributed by atoms with Gasteiger partial charge in [0.1, 0.15) is 9.84 Å². The van der Waals surface area contributed by atoms with Crippen molar-refractivity contribution in [3.8, 4) is 0 Å². The maximum atomic E-state index is 13.0. The van der Waals surface area contributed by atoms with Gasteiger partial charge in [-0.1, -0.05) is 44.2 Å². The molecular formula is C25H31N5O3S. The SMILES string of the molecule is CC1(C)CCc2c(C(=O)Nc3cnn([C@H](c4ccccc4)C4CCS(=O)(=O)CC4)c3)n[nH]c2C1. The first kappa shape index (κ1) is 22.8. The third-order valence-corrected chi connectivity index (χ3v) is 8.92. The number of carbonyl (C=O) groups is 1. The minimum Gasteiger partial charge on any atom is -0.318 e. The number of rotatable bonds is 5. The molecule has 1 saturated heterocycles. The standard InChI is InChI=1S/C25H31N5O3S/c1-25(2)11-8-20-21(14-25)28-29-22(20)24(31)27-19-15-26-30(16-19)23(17-6-4-3-5-7-17)18-9-12-34(32,33)13-10-18/h3-7,15-16,18,23H,8-14H2,1-2H3,(H,27,31)(H,28,29)/t23-/m1/s1. The Morgan fingerprint density at radius 1 is 1.21 bits per heavy atom. The number of nitrogens with zero attached hydrogens (tertiary/aromatic N) is 3. The molecule has 3 aromatic rings. The van der Waals surface area contributed by atoms with Gasteiger partial charge in [0.25, 0.3) is 5.91 Å². The van der Waals surface area contributed by atoms with Crippen molar-refractivity contribution in [1.29, 1.82) is 0 Å². The summed E-state index contributed by atoms with van der Waals surface area (Å²) in [6.45, 7) is 4.46. The number of H-pyrrole nitrogens is 1. The molecule has 1 fully saturated rings. The maximum absolute atomic E-state index is 13.0. The first-order valence-electron chi connectivity index (χ1n) is 11.9. The third-order valence-electron chi connectivity index (χ3n) is 7.21. The summed E-state index contributed by atoms with van der Waals surface area (Å²) in [7, 11) is -2.96. The quantitative estimate of drug-likeness (QED) is 0.576.